The Bertz CT molecular complexity index is 482. The lowest BCUT2D eigenvalue weighted by Gasteiger charge is -2.37. The molecule has 3 rings (SSSR count). The number of aryl methyl sites for hydroxylation is 1. The third-order valence-electron chi connectivity index (χ3n) is 5.33. The largest absolute Gasteiger partial charge is 0.497 e. The van der Waals surface area contributed by atoms with Crippen LogP contribution in [0.4, 0.5) is 0 Å². The standard InChI is InChI=1S/C18H27NO2/c1-19(12-13-5-3-4-6-13)17-10-7-14-11-15(21-2)8-9-16(14)18(17)20/h8-9,11,13,17-18,20H,3-7,10,12H2,1-2H3. The van der Waals surface area contributed by atoms with Gasteiger partial charge in [0, 0.05) is 12.6 Å². The van der Waals surface area contributed by atoms with Crippen molar-refractivity contribution in [1.82, 2.24) is 4.90 Å². The van der Waals surface area contributed by atoms with Crippen LogP contribution in [0.5, 0.6) is 5.75 Å². The Balaban J connectivity index is 1.70. The average molecular weight is 289 g/mol. The Labute approximate surface area is 127 Å². The van der Waals surface area contributed by atoms with Gasteiger partial charge in [0.2, 0.25) is 0 Å². The van der Waals surface area contributed by atoms with Crippen LogP contribution in [0.2, 0.25) is 0 Å². The molecule has 0 radical (unpaired) electrons. The third kappa shape index (κ3) is 3.09. The Hall–Kier alpha value is -1.06. The Morgan fingerprint density at radius 1 is 1.24 bits per heavy atom. The van der Waals surface area contributed by atoms with E-state index in [1.54, 1.807) is 7.11 Å². The number of hydrogen-bond acceptors (Lipinski definition) is 3. The lowest BCUT2D eigenvalue weighted by atomic mass is 9.84. The summed E-state index contributed by atoms with van der Waals surface area (Å²) in [5.74, 6) is 1.72. The number of aliphatic hydroxyl groups excluding tert-OH is 1. The highest BCUT2D eigenvalue weighted by Gasteiger charge is 2.32. The summed E-state index contributed by atoms with van der Waals surface area (Å²) in [5.41, 5.74) is 2.33. The van der Waals surface area contributed by atoms with Crippen LogP contribution in [0.1, 0.15) is 49.3 Å². The molecule has 1 saturated carbocycles. The first kappa shape index (κ1) is 14.9. The van der Waals surface area contributed by atoms with Crippen LogP contribution >= 0.6 is 0 Å². The molecule has 0 aliphatic heterocycles. The zero-order valence-electron chi connectivity index (χ0n) is 13.2. The number of hydrogen-bond donors (Lipinski definition) is 1. The molecule has 2 atom stereocenters. The zero-order chi connectivity index (χ0) is 14.8. The van der Waals surface area contributed by atoms with Crippen molar-refractivity contribution in [3.05, 3.63) is 29.3 Å². The van der Waals surface area contributed by atoms with E-state index in [4.69, 9.17) is 4.74 Å². The van der Waals surface area contributed by atoms with Gasteiger partial charge in [0.15, 0.2) is 0 Å². The highest BCUT2D eigenvalue weighted by atomic mass is 16.5. The quantitative estimate of drug-likeness (QED) is 0.924. The summed E-state index contributed by atoms with van der Waals surface area (Å²) in [6.45, 7) is 1.13. The van der Waals surface area contributed by atoms with Crippen LogP contribution < -0.4 is 4.74 Å². The van der Waals surface area contributed by atoms with E-state index in [0.29, 0.717) is 0 Å². The maximum absolute atomic E-state index is 10.7. The van der Waals surface area contributed by atoms with E-state index in [1.807, 2.05) is 12.1 Å². The molecular formula is C18H27NO2. The van der Waals surface area contributed by atoms with Crippen LogP contribution in [-0.2, 0) is 6.42 Å². The maximum atomic E-state index is 10.7. The molecule has 3 heteroatoms. The first-order valence-electron chi connectivity index (χ1n) is 8.24. The molecule has 1 aromatic carbocycles. The van der Waals surface area contributed by atoms with E-state index in [-0.39, 0.29) is 12.1 Å². The van der Waals surface area contributed by atoms with E-state index in [9.17, 15) is 5.11 Å². The summed E-state index contributed by atoms with van der Waals surface area (Å²) in [5, 5.41) is 10.7. The average Bonchev–Trinajstić information content (AvgIpc) is 3.00. The highest BCUT2D eigenvalue weighted by Crippen LogP contribution is 2.35. The molecule has 0 aromatic heterocycles. The van der Waals surface area contributed by atoms with Gasteiger partial charge in [0.1, 0.15) is 5.75 Å². The van der Waals surface area contributed by atoms with E-state index in [2.05, 4.69) is 18.0 Å². The van der Waals surface area contributed by atoms with Gasteiger partial charge in [-0.15, -0.1) is 0 Å². The number of aliphatic hydroxyl groups is 1. The maximum Gasteiger partial charge on any atom is 0.119 e. The molecular weight excluding hydrogens is 262 g/mol. The van der Waals surface area contributed by atoms with Gasteiger partial charge in [-0.3, -0.25) is 0 Å². The zero-order valence-corrected chi connectivity index (χ0v) is 13.2. The van der Waals surface area contributed by atoms with Crippen molar-refractivity contribution < 1.29 is 9.84 Å². The van der Waals surface area contributed by atoms with Gasteiger partial charge >= 0.3 is 0 Å². The molecule has 3 nitrogen and oxygen atoms in total. The minimum atomic E-state index is -0.369. The van der Waals surface area contributed by atoms with Crippen LogP contribution in [-0.4, -0.2) is 36.8 Å². The van der Waals surface area contributed by atoms with Crippen molar-refractivity contribution in [3.8, 4) is 5.75 Å². The van der Waals surface area contributed by atoms with Gasteiger partial charge in [0.05, 0.1) is 13.2 Å². The number of methoxy groups -OCH3 is 1. The normalized spacial score (nSPS) is 26.1. The van der Waals surface area contributed by atoms with E-state index in [1.165, 1.54) is 31.2 Å². The molecule has 0 spiro atoms. The fourth-order valence-corrected chi connectivity index (χ4v) is 4.08. The van der Waals surface area contributed by atoms with Gasteiger partial charge in [-0.05, 0) is 61.9 Å². The number of likely N-dealkylation sites (N-methyl/N-ethyl adjacent to an activating group) is 1. The van der Waals surface area contributed by atoms with E-state index in [0.717, 1.165) is 36.6 Å². The van der Waals surface area contributed by atoms with Crippen LogP contribution in [0.3, 0.4) is 0 Å². The fraction of sp³-hybridized carbons (Fsp3) is 0.667. The molecule has 116 valence electrons. The second kappa shape index (κ2) is 6.37. The Morgan fingerprint density at radius 2 is 2.00 bits per heavy atom. The molecule has 0 amide bonds. The SMILES string of the molecule is COc1ccc2c(c1)CCC(N(C)CC1CCCC1)C2O. The summed E-state index contributed by atoms with van der Waals surface area (Å²) >= 11 is 0. The number of ether oxygens (including phenoxy) is 1. The first-order valence-corrected chi connectivity index (χ1v) is 8.24. The number of rotatable bonds is 4. The van der Waals surface area contributed by atoms with Gasteiger partial charge in [0.25, 0.3) is 0 Å². The Morgan fingerprint density at radius 3 is 2.71 bits per heavy atom. The van der Waals surface area contributed by atoms with Crippen molar-refractivity contribution in [2.24, 2.45) is 5.92 Å². The summed E-state index contributed by atoms with van der Waals surface area (Å²) in [6.07, 6.45) is 7.18. The van der Waals surface area contributed by atoms with Crippen molar-refractivity contribution in [2.75, 3.05) is 20.7 Å². The fourth-order valence-electron chi connectivity index (χ4n) is 4.08. The molecule has 1 aromatic rings. The summed E-state index contributed by atoms with van der Waals surface area (Å²) in [7, 11) is 3.87. The van der Waals surface area contributed by atoms with Gasteiger partial charge in [-0.1, -0.05) is 18.9 Å². The van der Waals surface area contributed by atoms with E-state index < -0.39 is 0 Å². The molecule has 1 N–H and O–H groups in total. The van der Waals surface area contributed by atoms with Crippen LogP contribution in [0, 0.1) is 5.92 Å². The summed E-state index contributed by atoms with van der Waals surface area (Å²) in [4.78, 5) is 2.40. The smallest absolute Gasteiger partial charge is 0.119 e. The minimum Gasteiger partial charge on any atom is -0.497 e. The third-order valence-corrected chi connectivity index (χ3v) is 5.33. The molecule has 0 bridgehead atoms. The van der Waals surface area contributed by atoms with E-state index >= 15 is 0 Å². The van der Waals surface area contributed by atoms with Crippen molar-refractivity contribution in [2.45, 2.75) is 50.7 Å². The second-order valence-electron chi connectivity index (χ2n) is 6.71. The van der Waals surface area contributed by atoms with Crippen LogP contribution in [0.25, 0.3) is 0 Å². The lowest BCUT2D eigenvalue weighted by Crippen LogP contribution is -2.41. The molecule has 1 fully saturated rings. The molecule has 21 heavy (non-hydrogen) atoms. The summed E-state index contributed by atoms with van der Waals surface area (Å²) in [6, 6.07) is 6.33. The predicted octanol–water partition coefficient (Wildman–Crippen LogP) is 3.17. The predicted molar refractivity (Wildman–Crippen MR) is 84.7 cm³/mol. The molecule has 2 aliphatic rings. The van der Waals surface area contributed by atoms with Crippen molar-refractivity contribution >= 4 is 0 Å². The molecule has 2 aliphatic carbocycles. The van der Waals surface area contributed by atoms with Crippen LogP contribution in [0.15, 0.2) is 18.2 Å². The van der Waals surface area contributed by atoms with Crippen molar-refractivity contribution in [1.29, 1.82) is 0 Å². The van der Waals surface area contributed by atoms with Gasteiger partial charge in [-0.25, -0.2) is 0 Å². The molecule has 2 unspecified atom stereocenters. The van der Waals surface area contributed by atoms with Gasteiger partial charge in [-0.2, -0.15) is 0 Å². The topological polar surface area (TPSA) is 32.7 Å². The molecule has 0 saturated heterocycles. The lowest BCUT2D eigenvalue weighted by molar-refractivity contribution is 0.0426. The summed E-state index contributed by atoms with van der Waals surface area (Å²) < 4.78 is 5.29. The minimum absolute atomic E-state index is 0.256. The first-order chi connectivity index (χ1) is 10.2. The number of benzene rings is 1. The number of nitrogens with zero attached hydrogens (tertiary/aromatic N) is 1. The Kier molecular flexibility index (Phi) is 4.51. The molecule has 0 heterocycles. The monoisotopic (exact) mass is 289 g/mol. The second-order valence-corrected chi connectivity index (χ2v) is 6.71. The van der Waals surface area contributed by atoms with Crippen molar-refractivity contribution in [3.63, 3.8) is 0 Å². The van der Waals surface area contributed by atoms with Gasteiger partial charge < -0.3 is 14.7 Å². The number of fused-ring (bicyclic) bond motifs is 1. The highest BCUT2D eigenvalue weighted by molar-refractivity contribution is 5.39.